The zero-order valence-corrected chi connectivity index (χ0v) is 19.6. The van der Waals surface area contributed by atoms with Gasteiger partial charge < -0.3 is 0 Å². The molecule has 3 aliphatic carbocycles. The van der Waals surface area contributed by atoms with Crippen LogP contribution in [0.15, 0.2) is 11.6 Å². The Morgan fingerprint density at radius 1 is 0.828 bits per heavy atom. The van der Waals surface area contributed by atoms with Gasteiger partial charge in [-0.2, -0.15) is 5.26 Å². The number of nitrogens with zero attached hydrogens (tertiary/aromatic N) is 1. The Labute approximate surface area is 181 Å². The minimum absolute atomic E-state index is 0.0937. The first-order chi connectivity index (χ1) is 14.2. The van der Waals surface area contributed by atoms with Crippen molar-refractivity contribution in [1.82, 2.24) is 0 Å². The number of rotatable bonds is 9. The quantitative estimate of drug-likeness (QED) is 0.281. The van der Waals surface area contributed by atoms with Crippen molar-refractivity contribution in [2.24, 2.45) is 29.1 Å². The van der Waals surface area contributed by atoms with E-state index in [1.807, 2.05) is 0 Å². The van der Waals surface area contributed by atoms with Gasteiger partial charge in [-0.3, -0.25) is 0 Å². The number of unbranched alkanes of at least 4 members (excludes halogenated alkanes) is 3. The first-order valence-electron chi connectivity index (χ1n) is 13.3. The molecule has 0 heterocycles. The summed E-state index contributed by atoms with van der Waals surface area (Å²) in [5, 5.41) is 10.1. The van der Waals surface area contributed by atoms with Crippen molar-refractivity contribution in [1.29, 1.82) is 5.26 Å². The highest BCUT2D eigenvalue weighted by molar-refractivity contribution is 5.26. The van der Waals surface area contributed by atoms with E-state index in [1.54, 1.807) is 0 Å². The molecule has 3 rings (SSSR count). The van der Waals surface area contributed by atoms with E-state index >= 15 is 0 Å². The molecule has 0 radical (unpaired) electrons. The molecule has 0 aromatic heterocycles. The summed E-state index contributed by atoms with van der Waals surface area (Å²) in [6, 6.07) is 2.84. The lowest BCUT2D eigenvalue weighted by molar-refractivity contribution is 0.130. The second kappa shape index (κ2) is 11.6. The second-order valence-corrected chi connectivity index (χ2v) is 10.8. The molecule has 1 unspecified atom stereocenters. The van der Waals surface area contributed by atoms with Crippen molar-refractivity contribution in [2.75, 3.05) is 0 Å². The maximum atomic E-state index is 10.1. The average Bonchev–Trinajstić information content (AvgIpc) is 2.79. The first-order valence-corrected chi connectivity index (χ1v) is 13.3. The standard InChI is InChI=1S/C28H47N/c1-3-5-7-9-24-10-14-25(15-11-24)26-18-20-28(22-29,21-19-26)27-16-12-23(13-17-27)8-6-4-2/h16,23-26H,3-15,17-21H2,1-2H3. The van der Waals surface area contributed by atoms with Crippen LogP contribution in [0.25, 0.3) is 0 Å². The summed E-state index contributed by atoms with van der Waals surface area (Å²) in [4.78, 5) is 0. The van der Waals surface area contributed by atoms with Gasteiger partial charge >= 0.3 is 0 Å². The number of nitriles is 1. The lowest BCUT2D eigenvalue weighted by atomic mass is 9.61. The molecule has 0 aliphatic heterocycles. The van der Waals surface area contributed by atoms with Gasteiger partial charge in [-0.15, -0.1) is 0 Å². The Morgan fingerprint density at radius 3 is 2.07 bits per heavy atom. The summed E-state index contributed by atoms with van der Waals surface area (Å²) in [5.74, 6) is 3.79. The normalized spacial score (nSPS) is 35.7. The van der Waals surface area contributed by atoms with Gasteiger partial charge in [0.05, 0.1) is 11.5 Å². The van der Waals surface area contributed by atoms with Crippen LogP contribution in [0.2, 0.25) is 0 Å². The number of allylic oxidation sites excluding steroid dienone is 2. The van der Waals surface area contributed by atoms with Crippen LogP contribution in [0.3, 0.4) is 0 Å². The van der Waals surface area contributed by atoms with Crippen LogP contribution >= 0.6 is 0 Å². The van der Waals surface area contributed by atoms with Crippen LogP contribution in [-0.4, -0.2) is 0 Å². The third-order valence-electron chi connectivity index (χ3n) is 8.97. The van der Waals surface area contributed by atoms with Gasteiger partial charge in [0, 0.05) is 0 Å². The molecule has 0 N–H and O–H groups in total. The summed E-state index contributed by atoms with van der Waals surface area (Å²) in [6.45, 7) is 4.61. The monoisotopic (exact) mass is 397 g/mol. The Morgan fingerprint density at radius 2 is 1.48 bits per heavy atom. The number of hydrogen-bond acceptors (Lipinski definition) is 1. The predicted molar refractivity (Wildman–Crippen MR) is 125 cm³/mol. The van der Waals surface area contributed by atoms with Gasteiger partial charge in [0.15, 0.2) is 0 Å². The molecule has 1 atom stereocenters. The summed E-state index contributed by atoms with van der Waals surface area (Å²) < 4.78 is 0. The zero-order chi connectivity index (χ0) is 20.5. The van der Waals surface area contributed by atoms with Gasteiger partial charge in [-0.05, 0) is 81.5 Å². The zero-order valence-electron chi connectivity index (χ0n) is 19.6. The minimum atomic E-state index is -0.0937. The van der Waals surface area contributed by atoms with Crippen molar-refractivity contribution in [3.63, 3.8) is 0 Å². The Hall–Kier alpha value is -0.770. The molecule has 3 aliphatic rings. The molecule has 0 saturated heterocycles. The third-order valence-corrected chi connectivity index (χ3v) is 8.97. The molecule has 2 fully saturated rings. The van der Waals surface area contributed by atoms with Crippen molar-refractivity contribution in [3.8, 4) is 6.07 Å². The Bertz CT molecular complexity index is 537. The Balaban J connectivity index is 1.45. The molecule has 164 valence electrons. The SMILES string of the molecule is CCCCCC1CCC(C2CCC(C#N)(C3=CCC(CCCC)CC3)CC2)CC1. The average molecular weight is 398 g/mol. The van der Waals surface area contributed by atoms with Gasteiger partial charge in [-0.1, -0.05) is 83.3 Å². The molecule has 0 amide bonds. The molecule has 1 nitrogen and oxygen atoms in total. The lowest BCUT2D eigenvalue weighted by Crippen LogP contribution is -2.33. The summed E-state index contributed by atoms with van der Waals surface area (Å²) in [7, 11) is 0. The van der Waals surface area contributed by atoms with Crippen LogP contribution in [0, 0.1) is 40.4 Å². The highest BCUT2D eigenvalue weighted by atomic mass is 14.5. The van der Waals surface area contributed by atoms with Gasteiger partial charge in [0.25, 0.3) is 0 Å². The van der Waals surface area contributed by atoms with Crippen LogP contribution in [0.5, 0.6) is 0 Å². The third kappa shape index (κ3) is 6.12. The van der Waals surface area contributed by atoms with Gasteiger partial charge in [-0.25, -0.2) is 0 Å². The van der Waals surface area contributed by atoms with E-state index in [2.05, 4.69) is 26.0 Å². The van der Waals surface area contributed by atoms with E-state index < -0.39 is 0 Å². The molecule has 0 aromatic carbocycles. The molecule has 0 aromatic rings. The maximum Gasteiger partial charge on any atom is 0.0782 e. The van der Waals surface area contributed by atoms with Gasteiger partial charge in [0.1, 0.15) is 0 Å². The van der Waals surface area contributed by atoms with E-state index in [1.165, 1.54) is 108 Å². The van der Waals surface area contributed by atoms with Crippen molar-refractivity contribution >= 4 is 0 Å². The molecule has 1 heteroatoms. The number of hydrogen-bond donors (Lipinski definition) is 0. The second-order valence-electron chi connectivity index (χ2n) is 10.8. The van der Waals surface area contributed by atoms with Crippen molar-refractivity contribution < 1.29 is 0 Å². The largest absolute Gasteiger partial charge is 0.197 e. The fourth-order valence-corrected chi connectivity index (χ4v) is 6.82. The van der Waals surface area contributed by atoms with Crippen molar-refractivity contribution in [3.05, 3.63) is 11.6 Å². The smallest absolute Gasteiger partial charge is 0.0782 e. The molecule has 29 heavy (non-hydrogen) atoms. The van der Waals surface area contributed by atoms with Crippen LogP contribution < -0.4 is 0 Å². The summed E-state index contributed by atoms with van der Waals surface area (Å²) >= 11 is 0. The van der Waals surface area contributed by atoms with Crippen molar-refractivity contribution in [2.45, 2.75) is 129 Å². The predicted octanol–water partition coefficient (Wildman–Crippen LogP) is 8.99. The fraction of sp³-hybridized carbons (Fsp3) is 0.893. The van der Waals surface area contributed by atoms with E-state index in [-0.39, 0.29) is 5.41 Å². The topological polar surface area (TPSA) is 23.8 Å². The summed E-state index contributed by atoms with van der Waals surface area (Å²) in [5.41, 5.74) is 1.44. The first kappa shape index (κ1) is 22.9. The van der Waals surface area contributed by atoms with E-state index in [9.17, 15) is 5.26 Å². The molecular weight excluding hydrogens is 350 g/mol. The van der Waals surface area contributed by atoms with Crippen LogP contribution in [0.1, 0.15) is 129 Å². The molecule has 0 bridgehead atoms. The van der Waals surface area contributed by atoms with E-state index in [0.29, 0.717) is 0 Å². The summed E-state index contributed by atoms with van der Waals surface area (Å²) in [6.07, 6.45) is 26.9. The molecule has 2 saturated carbocycles. The molecule has 0 spiro atoms. The maximum absolute atomic E-state index is 10.1. The van der Waals surface area contributed by atoms with Crippen LogP contribution in [-0.2, 0) is 0 Å². The lowest BCUT2D eigenvalue weighted by Gasteiger charge is -2.42. The fourth-order valence-electron chi connectivity index (χ4n) is 6.82. The molecular formula is C28H47N. The highest BCUT2D eigenvalue weighted by Crippen LogP contribution is 2.51. The highest BCUT2D eigenvalue weighted by Gasteiger charge is 2.41. The van der Waals surface area contributed by atoms with Crippen LogP contribution in [0.4, 0.5) is 0 Å². The minimum Gasteiger partial charge on any atom is -0.197 e. The van der Waals surface area contributed by atoms with E-state index in [0.717, 1.165) is 36.5 Å². The van der Waals surface area contributed by atoms with E-state index in [4.69, 9.17) is 0 Å². The Kier molecular flexibility index (Phi) is 9.14. The van der Waals surface area contributed by atoms with Gasteiger partial charge in [0.2, 0.25) is 0 Å².